The third kappa shape index (κ3) is 2.12. The number of nitrogens with zero attached hydrogens (tertiary/aromatic N) is 1. The lowest BCUT2D eigenvalue weighted by Crippen LogP contribution is -2.36. The van der Waals surface area contributed by atoms with Crippen molar-refractivity contribution in [1.29, 1.82) is 0 Å². The highest BCUT2D eigenvalue weighted by Crippen LogP contribution is 2.34. The number of hydrazine groups is 1. The third-order valence-corrected chi connectivity index (χ3v) is 4.17. The van der Waals surface area contributed by atoms with Gasteiger partial charge in [0.05, 0.1) is 0 Å². The first-order valence-corrected chi connectivity index (χ1v) is 6.94. The first-order chi connectivity index (χ1) is 9.70. The molecule has 0 fully saturated rings. The van der Waals surface area contributed by atoms with Crippen LogP contribution >= 0.6 is 0 Å². The smallest absolute Gasteiger partial charge is 0.237 e. The van der Waals surface area contributed by atoms with Crippen LogP contribution in [0.2, 0.25) is 0 Å². The molecule has 2 aromatic rings. The van der Waals surface area contributed by atoms with Crippen molar-refractivity contribution in [1.82, 2.24) is 9.99 Å². The monoisotopic (exact) mass is 269 g/mol. The first kappa shape index (κ1) is 12.9. The highest BCUT2D eigenvalue weighted by atomic mass is 16.2. The van der Waals surface area contributed by atoms with Crippen LogP contribution in [-0.2, 0) is 11.8 Å². The van der Waals surface area contributed by atoms with Crippen molar-refractivity contribution in [2.24, 2.45) is 18.8 Å². The predicted molar refractivity (Wildman–Crippen MR) is 80.6 cm³/mol. The number of nitrogens with one attached hydrogen (secondary N) is 1. The maximum Gasteiger partial charge on any atom is 0.237 e. The number of nitrogens with two attached hydrogens (primary N) is 1. The van der Waals surface area contributed by atoms with E-state index in [1.165, 1.54) is 22.0 Å². The zero-order valence-electron chi connectivity index (χ0n) is 11.6. The molecule has 0 radical (unpaired) electrons. The van der Waals surface area contributed by atoms with E-state index in [0.29, 0.717) is 0 Å². The molecular weight excluding hydrogens is 250 g/mol. The normalized spacial score (nSPS) is 18.9. The fourth-order valence-electron chi connectivity index (χ4n) is 3.03. The zero-order chi connectivity index (χ0) is 14.1. The molecule has 3 rings (SSSR count). The van der Waals surface area contributed by atoms with Crippen molar-refractivity contribution in [3.05, 3.63) is 42.1 Å². The third-order valence-electron chi connectivity index (χ3n) is 4.17. The number of fused-ring (bicyclic) bond motifs is 1. The van der Waals surface area contributed by atoms with Gasteiger partial charge in [-0.05, 0) is 30.9 Å². The number of allylic oxidation sites excluding steroid dienone is 2. The minimum atomic E-state index is -0.0572. The molecule has 1 unspecified atom stereocenters. The SMILES string of the molecule is Cn1cc(C2=CCC(C(=O)NN)CC2)c2ccccc21. The van der Waals surface area contributed by atoms with Crippen molar-refractivity contribution in [2.45, 2.75) is 19.3 Å². The highest BCUT2D eigenvalue weighted by Gasteiger charge is 2.22. The average Bonchev–Trinajstić information content (AvgIpc) is 2.84. The number of hydrogen-bond donors (Lipinski definition) is 2. The Hall–Kier alpha value is -2.07. The predicted octanol–water partition coefficient (Wildman–Crippen LogP) is 2.35. The average molecular weight is 269 g/mol. The summed E-state index contributed by atoms with van der Waals surface area (Å²) in [6.07, 6.45) is 6.91. The molecule has 1 aliphatic rings. The standard InChI is InChI=1S/C16H19N3O/c1-19-10-14(13-4-2-3-5-15(13)19)11-6-8-12(9-7-11)16(20)18-17/h2-6,10,12H,7-9,17H2,1H3,(H,18,20). The van der Waals surface area contributed by atoms with E-state index in [2.05, 4.69) is 53.6 Å². The Bertz CT molecular complexity index is 684. The van der Waals surface area contributed by atoms with Gasteiger partial charge in [0.25, 0.3) is 0 Å². The van der Waals surface area contributed by atoms with Gasteiger partial charge in [0.1, 0.15) is 0 Å². The minimum Gasteiger partial charge on any atom is -0.350 e. The molecule has 0 aliphatic heterocycles. The van der Waals surface area contributed by atoms with Crippen molar-refractivity contribution in [3.63, 3.8) is 0 Å². The second kappa shape index (κ2) is 5.13. The number of aryl methyl sites for hydroxylation is 1. The summed E-state index contributed by atoms with van der Waals surface area (Å²) < 4.78 is 2.16. The van der Waals surface area contributed by atoms with Crippen LogP contribution in [-0.4, -0.2) is 10.5 Å². The molecule has 1 amide bonds. The van der Waals surface area contributed by atoms with Gasteiger partial charge < -0.3 is 4.57 Å². The molecule has 1 aromatic carbocycles. The lowest BCUT2D eigenvalue weighted by atomic mass is 9.86. The van der Waals surface area contributed by atoms with Crippen LogP contribution in [0.1, 0.15) is 24.8 Å². The van der Waals surface area contributed by atoms with Gasteiger partial charge in [0, 0.05) is 35.6 Å². The largest absolute Gasteiger partial charge is 0.350 e. The van der Waals surface area contributed by atoms with Crippen LogP contribution in [0.3, 0.4) is 0 Å². The number of hydrogen-bond acceptors (Lipinski definition) is 2. The molecule has 0 bridgehead atoms. The number of carbonyl (C=O) groups excluding carboxylic acids is 1. The van der Waals surface area contributed by atoms with Crippen LogP contribution in [0.4, 0.5) is 0 Å². The molecule has 0 saturated carbocycles. The number of amides is 1. The number of para-hydroxylation sites is 1. The van der Waals surface area contributed by atoms with Crippen molar-refractivity contribution >= 4 is 22.4 Å². The summed E-state index contributed by atoms with van der Waals surface area (Å²) in [5, 5.41) is 1.28. The Kier molecular flexibility index (Phi) is 3.32. The molecule has 4 nitrogen and oxygen atoms in total. The Labute approximate surface area is 118 Å². The van der Waals surface area contributed by atoms with Gasteiger partial charge >= 0.3 is 0 Å². The molecule has 1 aromatic heterocycles. The molecular formula is C16H19N3O. The molecule has 1 heterocycles. The second-order valence-electron chi connectivity index (χ2n) is 5.38. The number of rotatable bonds is 2. The van der Waals surface area contributed by atoms with E-state index in [9.17, 15) is 4.79 Å². The number of benzene rings is 1. The van der Waals surface area contributed by atoms with Crippen LogP contribution < -0.4 is 11.3 Å². The number of aromatic nitrogens is 1. The molecule has 104 valence electrons. The molecule has 3 N–H and O–H groups in total. The minimum absolute atomic E-state index is 0.0127. The van der Waals surface area contributed by atoms with E-state index in [-0.39, 0.29) is 11.8 Å². The quantitative estimate of drug-likeness (QED) is 0.499. The Balaban J connectivity index is 1.93. The Morgan fingerprint density at radius 3 is 2.90 bits per heavy atom. The van der Waals surface area contributed by atoms with E-state index in [1.54, 1.807) is 0 Å². The van der Waals surface area contributed by atoms with Gasteiger partial charge in [0.15, 0.2) is 0 Å². The molecule has 4 heteroatoms. The second-order valence-corrected chi connectivity index (χ2v) is 5.38. The van der Waals surface area contributed by atoms with E-state index < -0.39 is 0 Å². The van der Waals surface area contributed by atoms with E-state index in [4.69, 9.17) is 5.84 Å². The lowest BCUT2D eigenvalue weighted by molar-refractivity contribution is -0.125. The molecule has 1 aliphatic carbocycles. The van der Waals surface area contributed by atoms with Crippen molar-refractivity contribution in [2.75, 3.05) is 0 Å². The molecule has 20 heavy (non-hydrogen) atoms. The summed E-state index contributed by atoms with van der Waals surface area (Å²) in [5.41, 5.74) is 6.11. The summed E-state index contributed by atoms with van der Waals surface area (Å²) in [7, 11) is 2.07. The fourth-order valence-corrected chi connectivity index (χ4v) is 3.03. The highest BCUT2D eigenvalue weighted by molar-refractivity contribution is 5.93. The van der Waals surface area contributed by atoms with Crippen LogP contribution in [0.15, 0.2) is 36.5 Å². The Morgan fingerprint density at radius 2 is 2.20 bits per heavy atom. The van der Waals surface area contributed by atoms with Gasteiger partial charge in [0.2, 0.25) is 5.91 Å². The summed E-state index contributed by atoms with van der Waals surface area (Å²) >= 11 is 0. The van der Waals surface area contributed by atoms with Crippen molar-refractivity contribution in [3.8, 4) is 0 Å². The molecule has 1 atom stereocenters. The van der Waals surface area contributed by atoms with E-state index in [1.807, 2.05) is 0 Å². The lowest BCUT2D eigenvalue weighted by Gasteiger charge is -2.20. The van der Waals surface area contributed by atoms with Crippen LogP contribution in [0.25, 0.3) is 16.5 Å². The van der Waals surface area contributed by atoms with E-state index >= 15 is 0 Å². The molecule has 0 saturated heterocycles. The van der Waals surface area contributed by atoms with Crippen molar-refractivity contribution < 1.29 is 4.79 Å². The topological polar surface area (TPSA) is 60.0 Å². The first-order valence-electron chi connectivity index (χ1n) is 6.94. The zero-order valence-corrected chi connectivity index (χ0v) is 11.6. The van der Waals surface area contributed by atoms with Crippen LogP contribution in [0.5, 0.6) is 0 Å². The van der Waals surface area contributed by atoms with Gasteiger partial charge in [-0.1, -0.05) is 24.3 Å². The summed E-state index contributed by atoms with van der Waals surface area (Å²) in [5.74, 6) is 5.16. The molecule has 0 spiro atoms. The summed E-state index contributed by atoms with van der Waals surface area (Å²) in [6.45, 7) is 0. The van der Waals surface area contributed by atoms with Gasteiger partial charge in [-0.2, -0.15) is 0 Å². The maximum absolute atomic E-state index is 11.6. The summed E-state index contributed by atoms with van der Waals surface area (Å²) in [4.78, 5) is 11.6. The Morgan fingerprint density at radius 1 is 1.40 bits per heavy atom. The van der Waals surface area contributed by atoms with Gasteiger partial charge in [-0.15, -0.1) is 0 Å². The van der Waals surface area contributed by atoms with Gasteiger partial charge in [-0.3, -0.25) is 10.2 Å². The van der Waals surface area contributed by atoms with Gasteiger partial charge in [-0.25, -0.2) is 5.84 Å². The fraction of sp³-hybridized carbons (Fsp3) is 0.312. The number of carbonyl (C=O) groups is 1. The maximum atomic E-state index is 11.6. The van der Waals surface area contributed by atoms with Crippen LogP contribution in [0, 0.1) is 5.92 Å². The van der Waals surface area contributed by atoms with E-state index in [0.717, 1.165) is 19.3 Å². The summed E-state index contributed by atoms with van der Waals surface area (Å²) in [6, 6.07) is 8.42.